The molecule has 212 valence electrons. The summed E-state index contributed by atoms with van der Waals surface area (Å²) in [6.07, 6.45) is 3.03. The first kappa shape index (κ1) is 28.0. The van der Waals surface area contributed by atoms with Crippen LogP contribution >= 0.6 is 0 Å². The number of benzene rings is 4. The zero-order chi connectivity index (χ0) is 29.1. The van der Waals surface area contributed by atoms with Gasteiger partial charge in [-0.1, -0.05) is 54.6 Å². The highest BCUT2D eigenvalue weighted by Gasteiger charge is 2.17. The molecule has 0 saturated carbocycles. The van der Waals surface area contributed by atoms with Gasteiger partial charge in [0.25, 0.3) is 11.8 Å². The summed E-state index contributed by atoms with van der Waals surface area (Å²) in [5.41, 5.74) is 5.25. The molecule has 1 heterocycles. The van der Waals surface area contributed by atoms with E-state index in [0.717, 1.165) is 5.56 Å². The summed E-state index contributed by atoms with van der Waals surface area (Å²) in [5.74, 6) is 1.27. The van der Waals surface area contributed by atoms with E-state index in [4.69, 9.17) is 18.9 Å². The van der Waals surface area contributed by atoms with Crippen molar-refractivity contribution in [2.45, 2.75) is 13.5 Å². The normalized spacial score (nSPS) is 12.2. The maximum atomic E-state index is 13.2. The molecule has 0 aromatic heterocycles. The third kappa shape index (κ3) is 7.33. The maximum absolute atomic E-state index is 13.2. The van der Waals surface area contributed by atoms with Gasteiger partial charge in [-0.2, -0.15) is 5.10 Å². The number of ether oxygens (including phenoxy) is 4. The lowest BCUT2D eigenvalue weighted by Crippen LogP contribution is -2.32. The summed E-state index contributed by atoms with van der Waals surface area (Å²) >= 11 is 0. The Bertz CT molecular complexity index is 1600. The van der Waals surface area contributed by atoms with Crippen molar-refractivity contribution in [2.24, 2.45) is 5.10 Å². The Balaban J connectivity index is 1.30. The van der Waals surface area contributed by atoms with Gasteiger partial charge in [0.05, 0.1) is 12.8 Å². The zero-order valence-corrected chi connectivity index (χ0v) is 22.9. The average Bonchev–Trinajstić information content (AvgIpc) is 3.49. The summed E-state index contributed by atoms with van der Waals surface area (Å²) < 4.78 is 22.5. The van der Waals surface area contributed by atoms with Gasteiger partial charge in [-0.25, -0.2) is 5.43 Å². The minimum absolute atomic E-state index is 0.000432. The monoisotopic (exact) mass is 563 g/mol. The molecule has 0 radical (unpaired) electrons. The minimum Gasteiger partial charge on any atom is -0.490 e. The third-order valence-corrected chi connectivity index (χ3v) is 6.12. The number of amides is 2. The first-order valence-electron chi connectivity index (χ1n) is 13.3. The molecule has 0 atom stereocenters. The van der Waals surface area contributed by atoms with E-state index in [1.54, 1.807) is 72.8 Å². The van der Waals surface area contributed by atoms with Gasteiger partial charge in [0.15, 0.2) is 23.0 Å². The van der Waals surface area contributed by atoms with Gasteiger partial charge in [0.2, 0.25) is 6.79 Å². The highest BCUT2D eigenvalue weighted by molar-refractivity contribution is 6.05. The molecule has 2 N–H and O–H groups in total. The standard InChI is InChI=1S/C33H29N3O6/c1-2-39-30-19-25(14-16-28(30)40-21-23-9-5-3-6-10-23)20-34-36-33(38)27(35-32(37)26-11-7-4-8-12-26)17-24-13-15-29-31(18-24)42-22-41-29/h3-20H,2,21-22H2,1H3,(H,35,37)(H,36,38). The van der Waals surface area contributed by atoms with E-state index in [2.05, 4.69) is 15.8 Å². The molecule has 0 bridgehead atoms. The van der Waals surface area contributed by atoms with Crippen LogP contribution in [0.25, 0.3) is 6.08 Å². The van der Waals surface area contributed by atoms with Gasteiger partial charge in [-0.05, 0) is 72.2 Å². The molecule has 42 heavy (non-hydrogen) atoms. The van der Waals surface area contributed by atoms with Gasteiger partial charge in [0, 0.05) is 5.56 Å². The molecule has 0 saturated heterocycles. The fraction of sp³-hybridized carbons (Fsp3) is 0.121. The van der Waals surface area contributed by atoms with Crippen molar-refractivity contribution < 1.29 is 28.5 Å². The zero-order valence-electron chi connectivity index (χ0n) is 22.9. The molecule has 0 spiro atoms. The van der Waals surface area contributed by atoms with Crippen LogP contribution in [0.3, 0.4) is 0 Å². The van der Waals surface area contributed by atoms with Crippen LogP contribution in [0, 0.1) is 0 Å². The van der Waals surface area contributed by atoms with Crippen LogP contribution in [0.5, 0.6) is 23.0 Å². The molecule has 1 aliphatic rings. The van der Waals surface area contributed by atoms with E-state index in [0.29, 0.717) is 52.9 Å². The van der Waals surface area contributed by atoms with Gasteiger partial charge in [0.1, 0.15) is 12.3 Å². The smallest absolute Gasteiger partial charge is 0.287 e. The second kappa shape index (κ2) is 13.7. The van der Waals surface area contributed by atoms with Crippen LogP contribution < -0.4 is 29.7 Å². The molecule has 4 aromatic carbocycles. The fourth-order valence-corrected chi connectivity index (χ4v) is 4.07. The van der Waals surface area contributed by atoms with Crippen LogP contribution in [0.4, 0.5) is 0 Å². The Hall–Kier alpha value is -5.57. The lowest BCUT2D eigenvalue weighted by molar-refractivity contribution is -0.117. The van der Waals surface area contributed by atoms with E-state index in [-0.39, 0.29) is 12.5 Å². The molecular formula is C33H29N3O6. The number of nitrogens with zero attached hydrogens (tertiary/aromatic N) is 1. The second-order valence-electron chi connectivity index (χ2n) is 9.10. The van der Waals surface area contributed by atoms with E-state index >= 15 is 0 Å². The summed E-state index contributed by atoms with van der Waals surface area (Å²) in [7, 11) is 0. The van der Waals surface area contributed by atoms with E-state index in [9.17, 15) is 9.59 Å². The predicted molar refractivity (Wildman–Crippen MR) is 159 cm³/mol. The first-order chi connectivity index (χ1) is 20.6. The second-order valence-corrected chi connectivity index (χ2v) is 9.10. The predicted octanol–water partition coefficient (Wildman–Crippen LogP) is 5.31. The third-order valence-electron chi connectivity index (χ3n) is 6.12. The molecule has 2 amide bonds. The Morgan fingerprint density at radius 2 is 1.57 bits per heavy atom. The highest BCUT2D eigenvalue weighted by atomic mass is 16.7. The fourth-order valence-electron chi connectivity index (χ4n) is 4.07. The quantitative estimate of drug-likeness (QED) is 0.145. The van der Waals surface area contributed by atoms with Gasteiger partial charge in [-0.15, -0.1) is 0 Å². The van der Waals surface area contributed by atoms with Crippen molar-refractivity contribution in [1.29, 1.82) is 0 Å². The van der Waals surface area contributed by atoms with Crippen LogP contribution in [0.2, 0.25) is 0 Å². The van der Waals surface area contributed by atoms with Crippen molar-refractivity contribution in [2.75, 3.05) is 13.4 Å². The van der Waals surface area contributed by atoms with E-state index < -0.39 is 11.8 Å². The number of carbonyl (C=O) groups is 2. The SMILES string of the molecule is CCOc1cc(C=NNC(=O)C(=Cc2ccc3c(c2)OCO3)NC(=O)c2ccccc2)ccc1OCc1ccccc1. The largest absolute Gasteiger partial charge is 0.490 e. The van der Waals surface area contributed by atoms with Gasteiger partial charge in [-0.3, -0.25) is 9.59 Å². The van der Waals surface area contributed by atoms with Crippen LogP contribution in [0.1, 0.15) is 34.0 Å². The van der Waals surface area contributed by atoms with Crippen molar-refractivity contribution in [3.05, 3.63) is 125 Å². The first-order valence-corrected chi connectivity index (χ1v) is 13.3. The molecule has 1 aliphatic heterocycles. The highest BCUT2D eigenvalue weighted by Crippen LogP contribution is 2.33. The Morgan fingerprint density at radius 1 is 0.833 bits per heavy atom. The van der Waals surface area contributed by atoms with Crippen LogP contribution in [-0.4, -0.2) is 31.4 Å². The average molecular weight is 564 g/mol. The summed E-state index contributed by atoms with van der Waals surface area (Å²) in [6.45, 7) is 2.87. The van der Waals surface area contributed by atoms with Gasteiger partial charge < -0.3 is 24.3 Å². The topological polar surface area (TPSA) is 107 Å². The molecule has 9 nitrogen and oxygen atoms in total. The molecule has 9 heteroatoms. The number of hydrogen-bond donors (Lipinski definition) is 2. The molecule has 0 aliphatic carbocycles. The maximum Gasteiger partial charge on any atom is 0.287 e. The summed E-state index contributed by atoms with van der Waals surface area (Å²) in [4.78, 5) is 26.0. The molecular weight excluding hydrogens is 534 g/mol. The van der Waals surface area contributed by atoms with Crippen molar-refractivity contribution in [1.82, 2.24) is 10.7 Å². The Kier molecular flexibility index (Phi) is 9.11. The number of carbonyl (C=O) groups excluding carboxylic acids is 2. The van der Waals surface area contributed by atoms with Crippen molar-refractivity contribution in [3.8, 4) is 23.0 Å². The lowest BCUT2D eigenvalue weighted by atomic mass is 10.1. The van der Waals surface area contributed by atoms with Crippen LogP contribution in [-0.2, 0) is 11.4 Å². The molecule has 0 fully saturated rings. The van der Waals surface area contributed by atoms with Gasteiger partial charge >= 0.3 is 0 Å². The van der Waals surface area contributed by atoms with E-state index in [1.165, 1.54) is 6.21 Å². The molecule has 0 unspecified atom stereocenters. The lowest BCUT2D eigenvalue weighted by Gasteiger charge is -2.12. The summed E-state index contributed by atoms with van der Waals surface area (Å²) in [5, 5.41) is 6.80. The number of fused-ring (bicyclic) bond motifs is 1. The van der Waals surface area contributed by atoms with Crippen molar-refractivity contribution >= 4 is 24.1 Å². The molecule has 5 rings (SSSR count). The van der Waals surface area contributed by atoms with E-state index in [1.807, 2.05) is 37.3 Å². The molecule has 4 aromatic rings. The summed E-state index contributed by atoms with van der Waals surface area (Å²) in [6, 6.07) is 29.1. The Morgan fingerprint density at radius 3 is 2.36 bits per heavy atom. The number of hydrazone groups is 1. The number of rotatable bonds is 11. The minimum atomic E-state index is -0.610. The van der Waals surface area contributed by atoms with Crippen molar-refractivity contribution in [3.63, 3.8) is 0 Å². The number of hydrogen-bond acceptors (Lipinski definition) is 7. The van der Waals surface area contributed by atoms with Crippen LogP contribution in [0.15, 0.2) is 108 Å². The number of nitrogens with one attached hydrogen (secondary N) is 2. The Labute approximate surface area is 243 Å².